The molecule has 3 heteroatoms. The van der Waals surface area contributed by atoms with Gasteiger partial charge in [-0.15, -0.1) is 0 Å². The molecule has 0 spiro atoms. The molecule has 1 aliphatic rings. The number of nitrogens with zero attached hydrogens (tertiary/aromatic N) is 1. The minimum absolute atomic E-state index is 0.0462. The molecule has 0 aromatic carbocycles. The van der Waals surface area contributed by atoms with Crippen LogP contribution in [0.5, 0.6) is 0 Å². The van der Waals surface area contributed by atoms with Gasteiger partial charge in [-0.2, -0.15) is 4.39 Å². The van der Waals surface area contributed by atoms with Gasteiger partial charge in [-0.05, 0) is 24.8 Å². The van der Waals surface area contributed by atoms with Crippen LogP contribution < -0.4 is 0 Å². The third-order valence-electron chi connectivity index (χ3n) is 2.71. The van der Waals surface area contributed by atoms with Gasteiger partial charge < -0.3 is 0 Å². The lowest BCUT2D eigenvalue weighted by Gasteiger charge is -2.20. The summed E-state index contributed by atoms with van der Waals surface area (Å²) in [6.07, 6.45) is 4.33. The first-order chi connectivity index (χ1) is 6.77. The van der Waals surface area contributed by atoms with Gasteiger partial charge in [-0.3, -0.25) is 4.79 Å². The summed E-state index contributed by atoms with van der Waals surface area (Å²) in [6, 6.07) is 3.45. The SMILES string of the molecule is O=C1CCCC(c2cccnc2F)C1. The number of hydrogen-bond donors (Lipinski definition) is 0. The van der Waals surface area contributed by atoms with Crippen molar-refractivity contribution in [3.8, 4) is 0 Å². The van der Waals surface area contributed by atoms with Gasteiger partial charge in [0.15, 0.2) is 0 Å². The molecule has 1 saturated carbocycles. The quantitative estimate of drug-likeness (QED) is 0.641. The van der Waals surface area contributed by atoms with Gasteiger partial charge in [0.25, 0.3) is 0 Å². The van der Waals surface area contributed by atoms with Gasteiger partial charge in [-0.1, -0.05) is 6.07 Å². The fraction of sp³-hybridized carbons (Fsp3) is 0.455. The molecule has 1 fully saturated rings. The van der Waals surface area contributed by atoms with Crippen LogP contribution in [0.3, 0.4) is 0 Å². The Kier molecular flexibility index (Phi) is 2.57. The average molecular weight is 193 g/mol. The minimum atomic E-state index is -0.424. The fourth-order valence-electron chi connectivity index (χ4n) is 1.99. The summed E-state index contributed by atoms with van der Waals surface area (Å²) in [5.74, 6) is -0.137. The molecule has 0 amide bonds. The topological polar surface area (TPSA) is 30.0 Å². The van der Waals surface area contributed by atoms with Crippen molar-refractivity contribution in [2.24, 2.45) is 0 Å². The lowest BCUT2D eigenvalue weighted by molar-refractivity contribution is -0.120. The molecule has 0 bridgehead atoms. The Labute approximate surface area is 82.2 Å². The Hall–Kier alpha value is -1.25. The molecule has 1 aromatic rings. The minimum Gasteiger partial charge on any atom is -0.300 e. The van der Waals surface area contributed by atoms with Gasteiger partial charge in [0.1, 0.15) is 5.78 Å². The van der Waals surface area contributed by atoms with Crippen molar-refractivity contribution in [1.82, 2.24) is 4.98 Å². The lowest BCUT2D eigenvalue weighted by Crippen LogP contribution is -2.14. The second-order valence-corrected chi connectivity index (χ2v) is 3.72. The maximum absolute atomic E-state index is 13.3. The zero-order valence-corrected chi connectivity index (χ0v) is 7.87. The number of Topliss-reactive ketones (excluding diaryl/α,β-unsaturated/α-hetero) is 1. The molecule has 1 aliphatic carbocycles. The number of rotatable bonds is 1. The smallest absolute Gasteiger partial charge is 0.216 e. The lowest BCUT2D eigenvalue weighted by atomic mass is 9.84. The third-order valence-corrected chi connectivity index (χ3v) is 2.71. The third kappa shape index (κ3) is 1.81. The van der Waals surface area contributed by atoms with Crippen molar-refractivity contribution in [2.75, 3.05) is 0 Å². The van der Waals surface area contributed by atoms with E-state index >= 15 is 0 Å². The summed E-state index contributed by atoms with van der Waals surface area (Å²) in [5.41, 5.74) is 0.598. The number of hydrogen-bond acceptors (Lipinski definition) is 2. The second kappa shape index (κ2) is 3.86. The largest absolute Gasteiger partial charge is 0.300 e. The molecule has 1 aromatic heterocycles. The Morgan fingerprint density at radius 1 is 1.50 bits per heavy atom. The molecule has 1 atom stereocenters. The van der Waals surface area contributed by atoms with Crippen molar-refractivity contribution >= 4 is 5.78 Å². The highest BCUT2D eigenvalue weighted by atomic mass is 19.1. The van der Waals surface area contributed by atoms with Crippen molar-refractivity contribution in [3.05, 3.63) is 29.8 Å². The Morgan fingerprint density at radius 2 is 2.36 bits per heavy atom. The maximum Gasteiger partial charge on any atom is 0.216 e. The van der Waals surface area contributed by atoms with E-state index in [1.54, 1.807) is 12.1 Å². The van der Waals surface area contributed by atoms with Crippen LogP contribution in [0.25, 0.3) is 0 Å². The van der Waals surface area contributed by atoms with Crippen molar-refractivity contribution in [1.29, 1.82) is 0 Å². The molecule has 0 aliphatic heterocycles. The monoisotopic (exact) mass is 193 g/mol. The summed E-state index contributed by atoms with van der Waals surface area (Å²) < 4.78 is 13.3. The molecule has 74 valence electrons. The summed E-state index contributed by atoms with van der Waals surface area (Å²) >= 11 is 0. The summed E-state index contributed by atoms with van der Waals surface area (Å²) in [4.78, 5) is 14.8. The van der Waals surface area contributed by atoms with Crippen molar-refractivity contribution < 1.29 is 9.18 Å². The van der Waals surface area contributed by atoms with Crippen LogP contribution in [0.1, 0.15) is 37.2 Å². The van der Waals surface area contributed by atoms with Crippen molar-refractivity contribution in [3.63, 3.8) is 0 Å². The highest BCUT2D eigenvalue weighted by Gasteiger charge is 2.23. The molecule has 2 rings (SSSR count). The number of aromatic nitrogens is 1. The number of halogens is 1. The predicted molar refractivity (Wildman–Crippen MR) is 50.4 cm³/mol. The first-order valence-electron chi connectivity index (χ1n) is 4.89. The Morgan fingerprint density at radius 3 is 3.07 bits per heavy atom. The Bertz CT molecular complexity index is 351. The van der Waals surface area contributed by atoms with E-state index in [1.165, 1.54) is 6.20 Å². The summed E-state index contributed by atoms with van der Waals surface area (Å²) in [5, 5.41) is 0. The van der Waals surface area contributed by atoms with Crippen LogP contribution in [0.2, 0.25) is 0 Å². The van der Waals surface area contributed by atoms with Crippen molar-refractivity contribution in [2.45, 2.75) is 31.6 Å². The molecule has 14 heavy (non-hydrogen) atoms. The maximum atomic E-state index is 13.3. The van der Waals surface area contributed by atoms with E-state index in [4.69, 9.17) is 0 Å². The number of pyridine rings is 1. The van der Waals surface area contributed by atoms with Crippen LogP contribution in [-0.4, -0.2) is 10.8 Å². The highest BCUT2D eigenvalue weighted by molar-refractivity contribution is 5.80. The first kappa shape index (κ1) is 9.31. The molecular weight excluding hydrogens is 181 g/mol. The van der Waals surface area contributed by atoms with E-state index in [-0.39, 0.29) is 11.7 Å². The van der Waals surface area contributed by atoms with Crippen LogP contribution >= 0.6 is 0 Å². The second-order valence-electron chi connectivity index (χ2n) is 3.72. The van der Waals surface area contributed by atoms with Gasteiger partial charge in [0.2, 0.25) is 5.95 Å². The zero-order valence-electron chi connectivity index (χ0n) is 7.87. The fourth-order valence-corrected chi connectivity index (χ4v) is 1.99. The van der Waals surface area contributed by atoms with Gasteiger partial charge >= 0.3 is 0 Å². The van der Waals surface area contributed by atoms with E-state index in [0.29, 0.717) is 18.4 Å². The molecule has 2 nitrogen and oxygen atoms in total. The van der Waals surface area contributed by atoms with Gasteiger partial charge in [-0.25, -0.2) is 4.98 Å². The van der Waals surface area contributed by atoms with Crippen LogP contribution in [0.4, 0.5) is 4.39 Å². The molecular formula is C11H12FNO. The summed E-state index contributed by atoms with van der Waals surface area (Å²) in [7, 11) is 0. The van der Waals surface area contributed by atoms with E-state index in [0.717, 1.165) is 12.8 Å². The van der Waals surface area contributed by atoms with Crippen LogP contribution in [0.15, 0.2) is 18.3 Å². The van der Waals surface area contributed by atoms with Gasteiger partial charge in [0, 0.05) is 24.6 Å². The first-order valence-corrected chi connectivity index (χ1v) is 4.89. The Balaban J connectivity index is 2.22. The molecule has 0 radical (unpaired) electrons. The number of carbonyl (C=O) groups is 1. The molecule has 1 heterocycles. The number of ketones is 1. The van der Waals surface area contributed by atoms with E-state index in [2.05, 4.69) is 4.98 Å². The van der Waals surface area contributed by atoms with Crippen LogP contribution in [-0.2, 0) is 4.79 Å². The normalized spacial score (nSPS) is 22.4. The highest BCUT2D eigenvalue weighted by Crippen LogP contribution is 2.31. The molecule has 0 N–H and O–H groups in total. The summed E-state index contributed by atoms with van der Waals surface area (Å²) in [6.45, 7) is 0. The molecule has 1 unspecified atom stereocenters. The van der Waals surface area contributed by atoms with E-state index < -0.39 is 5.95 Å². The zero-order chi connectivity index (χ0) is 9.97. The number of carbonyl (C=O) groups excluding carboxylic acids is 1. The standard InChI is InChI=1S/C11H12FNO/c12-11-10(5-2-6-13-11)8-3-1-4-9(14)7-8/h2,5-6,8H,1,3-4,7H2. The van der Waals surface area contributed by atoms with Crippen LogP contribution in [0, 0.1) is 5.95 Å². The van der Waals surface area contributed by atoms with E-state index in [1.807, 2.05) is 0 Å². The van der Waals surface area contributed by atoms with E-state index in [9.17, 15) is 9.18 Å². The van der Waals surface area contributed by atoms with Gasteiger partial charge in [0.05, 0.1) is 0 Å². The predicted octanol–water partition coefficient (Wildman–Crippen LogP) is 2.45. The average Bonchev–Trinajstić information content (AvgIpc) is 2.18. The molecule has 0 saturated heterocycles.